The summed E-state index contributed by atoms with van der Waals surface area (Å²) in [5, 5.41) is 0.249. The van der Waals surface area contributed by atoms with Crippen LogP contribution in [0.2, 0.25) is 5.02 Å². The second-order valence-corrected chi connectivity index (χ2v) is 5.18. The Balaban J connectivity index is 2.53. The molecule has 0 aliphatic heterocycles. The predicted octanol–water partition coefficient (Wildman–Crippen LogP) is 3.64. The molecule has 0 atom stereocenters. The van der Waals surface area contributed by atoms with E-state index in [0.717, 1.165) is 6.07 Å². The van der Waals surface area contributed by atoms with Crippen LogP contribution >= 0.6 is 27.5 Å². The molecule has 4 N–H and O–H groups in total. The molecule has 3 nitrogen and oxygen atoms in total. The average molecular weight is 344 g/mol. The smallest absolute Gasteiger partial charge is 0.198 e. The van der Waals surface area contributed by atoms with Crippen LogP contribution in [0, 0.1) is 5.82 Å². The minimum absolute atomic E-state index is 0.135. The molecule has 0 aliphatic rings. The van der Waals surface area contributed by atoms with E-state index in [1.807, 2.05) is 0 Å². The van der Waals surface area contributed by atoms with Crippen LogP contribution < -0.4 is 11.5 Å². The number of carbonyl (C=O) groups excluding carboxylic acids is 1. The van der Waals surface area contributed by atoms with Crippen molar-refractivity contribution in [3.8, 4) is 0 Å². The lowest BCUT2D eigenvalue weighted by Crippen LogP contribution is -2.08. The van der Waals surface area contributed by atoms with E-state index in [2.05, 4.69) is 15.9 Å². The van der Waals surface area contributed by atoms with Crippen molar-refractivity contribution >= 4 is 44.7 Å². The second kappa shape index (κ2) is 5.19. The van der Waals surface area contributed by atoms with Gasteiger partial charge >= 0.3 is 0 Å². The van der Waals surface area contributed by atoms with Crippen molar-refractivity contribution in [3.63, 3.8) is 0 Å². The predicted molar refractivity (Wildman–Crippen MR) is 77.8 cm³/mol. The maximum atomic E-state index is 13.8. The molecule has 0 saturated carbocycles. The van der Waals surface area contributed by atoms with Crippen LogP contribution in [-0.4, -0.2) is 5.78 Å². The number of anilines is 2. The van der Waals surface area contributed by atoms with Gasteiger partial charge in [-0.25, -0.2) is 4.39 Å². The third-order valence-corrected chi connectivity index (χ3v) is 3.77. The molecule has 19 heavy (non-hydrogen) atoms. The molecule has 0 unspecified atom stereocenters. The van der Waals surface area contributed by atoms with Gasteiger partial charge in [0, 0.05) is 21.4 Å². The lowest BCUT2D eigenvalue weighted by Gasteiger charge is -2.08. The zero-order chi connectivity index (χ0) is 14.2. The Morgan fingerprint density at radius 2 is 1.84 bits per heavy atom. The molecular weight excluding hydrogens is 335 g/mol. The molecule has 2 rings (SSSR count). The second-order valence-electron chi connectivity index (χ2n) is 3.92. The molecule has 6 heteroatoms. The topological polar surface area (TPSA) is 69.1 Å². The van der Waals surface area contributed by atoms with Crippen LogP contribution in [0.4, 0.5) is 15.8 Å². The van der Waals surface area contributed by atoms with E-state index in [-0.39, 0.29) is 21.8 Å². The molecule has 2 aromatic rings. The highest BCUT2D eigenvalue weighted by Crippen LogP contribution is 2.28. The zero-order valence-corrected chi connectivity index (χ0v) is 11.9. The quantitative estimate of drug-likeness (QED) is 0.497. The van der Waals surface area contributed by atoms with Crippen molar-refractivity contribution in [2.75, 3.05) is 11.5 Å². The normalized spacial score (nSPS) is 10.5. The van der Waals surface area contributed by atoms with E-state index >= 15 is 0 Å². The van der Waals surface area contributed by atoms with E-state index < -0.39 is 11.6 Å². The third kappa shape index (κ3) is 2.72. The Morgan fingerprint density at radius 3 is 2.47 bits per heavy atom. The van der Waals surface area contributed by atoms with Crippen molar-refractivity contribution in [1.82, 2.24) is 0 Å². The molecule has 0 radical (unpaired) electrons. The summed E-state index contributed by atoms with van der Waals surface area (Å²) in [6.07, 6.45) is 0. The molecule has 2 aromatic carbocycles. The first kappa shape index (κ1) is 13.8. The van der Waals surface area contributed by atoms with E-state index in [1.54, 1.807) is 0 Å². The number of halogens is 3. The summed E-state index contributed by atoms with van der Waals surface area (Å²) in [5.74, 6) is -1.21. The first-order chi connectivity index (χ1) is 8.90. The fourth-order valence-corrected chi connectivity index (χ4v) is 2.11. The number of nitrogens with two attached hydrogens (primary N) is 2. The highest BCUT2D eigenvalue weighted by molar-refractivity contribution is 9.10. The fourth-order valence-electron chi connectivity index (χ4n) is 1.63. The summed E-state index contributed by atoms with van der Waals surface area (Å²) >= 11 is 8.95. The van der Waals surface area contributed by atoms with Gasteiger partial charge in [-0.2, -0.15) is 0 Å². The molecule has 0 heterocycles. The standard InChI is InChI=1S/C13H9BrClFN2O/c14-9-5-11(16)8(4-10(9)15)13(19)7-2-1-6(17)3-12(7)18/h1-5H,17-18H2. The minimum atomic E-state index is -0.669. The fraction of sp³-hybridized carbons (Fsp3) is 0. The van der Waals surface area contributed by atoms with Crippen LogP contribution in [0.25, 0.3) is 0 Å². The first-order valence-corrected chi connectivity index (χ1v) is 6.41. The van der Waals surface area contributed by atoms with Gasteiger partial charge in [-0.15, -0.1) is 0 Å². The lowest BCUT2D eigenvalue weighted by molar-refractivity contribution is 0.103. The van der Waals surface area contributed by atoms with Crippen LogP contribution in [-0.2, 0) is 0 Å². The van der Waals surface area contributed by atoms with E-state index in [9.17, 15) is 9.18 Å². The SMILES string of the molecule is Nc1ccc(C(=O)c2cc(Cl)c(Br)cc2F)c(N)c1. The van der Waals surface area contributed by atoms with Gasteiger partial charge in [0.2, 0.25) is 0 Å². The highest BCUT2D eigenvalue weighted by Gasteiger charge is 2.18. The number of rotatable bonds is 2. The van der Waals surface area contributed by atoms with Crippen molar-refractivity contribution in [2.24, 2.45) is 0 Å². The summed E-state index contributed by atoms with van der Waals surface area (Å²) in [6, 6.07) is 6.85. The number of carbonyl (C=O) groups is 1. The molecule has 0 saturated heterocycles. The third-order valence-electron chi connectivity index (χ3n) is 2.57. The van der Waals surface area contributed by atoms with Crippen molar-refractivity contribution in [3.05, 3.63) is 56.8 Å². The number of nitrogen functional groups attached to an aromatic ring is 2. The maximum Gasteiger partial charge on any atom is 0.198 e. The zero-order valence-electron chi connectivity index (χ0n) is 9.58. The van der Waals surface area contributed by atoms with Gasteiger partial charge in [-0.1, -0.05) is 11.6 Å². The molecule has 0 amide bonds. The number of benzene rings is 2. The summed E-state index contributed by atoms with van der Waals surface area (Å²) in [4.78, 5) is 12.2. The molecule has 0 bridgehead atoms. The van der Waals surface area contributed by atoms with Gasteiger partial charge in [0.25, 0.3) is 0 Å². The van der Waals surface area contributed by atoms with Gasteiger partial charge in [0.15, 0.2) is 5.78 Å². The van der Waals surface area contributed by atoms with Crippen LogP contribution in [0.3, 0.4) is 0 Å². The van der Waals surface area contributed by atoms with Gasteiger partial charge in [-0.05, 0) is 46.3 Å². The summed E-state index contributed by atoms with van der Waals surface area (Å²) in [6.45, 7) is 0. The van der Waals surface area contributed by atoms with E-state index in [0.29, 0.717) is 10.2 Å². The van der Waals surface area contributed by atoms with E-state index in [4.69, 9.17) is 23.1 Å². The lowest BCUT2D eigenvalue weighted by atomic mass is 10.0. The highest BCUT2D eigenvalue weighted by atomic mass is 79.9. The molecule has 0 fully saturated rings. The van der Waals surface area contributed by atoms with Crippen LogP contribution in [0.5, 0.6) is 0 Å². The van der Waals surface area contributed by atoms with Gasteiger partial charge < -0.3 is 11.5 Å². The minimum Gasteiger partial charge on any atom is -0.399 e. The average Bonchev–Trinajstić information content (AvgIpc) is 2.33. The maximum absolute atomic E-state index is 13.8. The Bertz CT molecular complexity index is 676. The molecular formula is C13H9BrClFN2O. The Labute approximate surface area is 122 Å². The largest absolute Gasteiger partial charge is 0.399 e. The van der Waals surface area contributed by atoms with Crippen LogP contribution in [0.15, 0.2) is 34.8 Å². The summed E-state index contributed by atoms with van der Waals surface area (Å²) < 4.78 is 14.2. The summed E-state index contributed by atoms with van der Waals surface area (Å²) in [7, 11) is 0. The molecule has 0 aliphatic carbocycles. The number of ketones is 1. The Kier molecular flexibility index (Phi) is 3.78. The summed E-state index contributed by atoms with van der Waals surface area (Å²) in [5.41, 5.74) is 11.9. The first-order valence-electron chi connectivity index (χ1n) is 5.24. The monoisotopic (exact) mass is 342 g/mol. The van der Waals surface area contributed by atoms with Crippen LogP contribution in [0.1, 0.15) is 15.9 Å². The molecule has 98 valence electrons. The van der Waals surface area contributed by atoms with Gasteiger partial charge in [-0.3, -0.25) is 4.79 Å². The van der Waals surface area contributed by atoms with Gasteiger partial charge in [0.1, 0.15) is 5.82 Å². The van der Waals surface area contributed by atoms with Crippen molar-refractivity contribution in [2.45, 2.75) is 0 Å². The van der Waals surface area contributed by atoms with Gasteiger partial charge in [0.05, 0.1) is 10.6 Å². The van der Waals surface area contributed by atoms with Crippen molar-refractivity contribution < 1.29 is 9.18 Å². The van der Waals surface area contributed by atoms with E-state index in [1.165, 1.54) is 24.3 Å². The Morgan fingerprint density at radius 1 is 1.16 bits per heavy atom. The Hall–Kier alpha value is -1.59. The number of hydrogen-bond donors (Lipinski definition) is 2. The molecule has 0 aromatic heterocycles. The molecule has 0 spiro atoms. The van der Waals surface area contributed by atoms with Crippen molar-refractivity contribution in [1.29, 1.82) is 0 Å². The number of hydrogen-bond acceptors (Lipinski definition) is 3.